The molecule has 0 N–H and O–H groups in total. The van der Waals surface area contributed by atoms with Gasteiger partial charge in [-0.1, -0.05) is 111 Å². The fourth-order valence-corrected chi connectivity index (χ4v) is 6.65. The molecule has 0 saturated heterocycles. The third-order valence-electron chi connectivity index (χ3n) is 9.15. The summed E-state index contributed by atoms with van der Waals surface area (Å²) in [5.41, 5.74) is 12.9. The Kier molecular flexibility index (Phi) is 6.82. The largest absolute Gasteiger partial charge is 0.208 e. The van der Waals surface area contributed by atoms with Gasteiger partial charge in [0, 0.05) is 22.1 Å². The van der Waals surface area contributed by atoms with Crippen molar-refractivity contribution < 1.29 is 0 Å². The first kappa shape index (κ1) is 28.3. The minimum Gasteiger partial charge on any atom is -0.208 e. The van der Waals surface area contributed by atoms with Crippen molar-refractivity contribution in [1.82, 2.24) is 15.0 Å². The van der Waals surface area contributed by atoms with Gasteiger partial charge in [0.15, 0.2) is 17.5 Å². The van der Waals surface area contributed by atoms with Crippen molar-refractivity contribution in [3.05, 3.63) is 162 Å². The molecule has 7 aromatic rings. The maximum absolute atomic E-state index is 9.36. The zero-order valence-corrected chi connectivity index (χ0v) is 26.1. The second-order valence-corrected chi connectivity index (χ2v) is 12.5. The summed E-state index contributed by atoms with van der Waals surface area (Å²) in [5, 5.41) is 9.36. The molecule has 0 atom stereocenters. The minimum absolute atomic E-state index is 0.101. The third-order valence-corrected chi connectivity index (χ3v) is 9.15. The van der Waals surface area contributed by atoms with Crippen LogP contribution in [0.1, 0.15) is 30.5 Å². The Labute approximate surface area is 274 Å². The summed E-state index contributed by atoms with van der Waals surface area (Å²) in [5.74, 6) is 1.74. The van der Waals surface area contributed by atoms with Crippen LogP contribution in [0.2, 0.25) is 0 Å². The molecule has 0 aliphatic heterocycles. The van der Waals surface area contributed by atoms with Gasteiger partial charge in [-0.3, -0.25) is 0 Å². The summed E-state index contributed by atoms with van der Waals surface area (Å²) in [4.78, 5) is 14.9. The van der Waals surface area contributed by atoms with Crippen LogP contribution >= 0.6 is 0 Å². The average molecular weight is 603 g/mol. The number of hydrogen-bond donors (Lipinski definition) is 0. The van der Waals surface area contributed by atoms with Crippen molar-refractivity contribution in [3.8, 4) is 73.6 Å². The zero-order chi connectivity index (χ0) is 32.0. The minimum atomic E-state index is -0.101. The van der Waals surface area contributed by atoms with Gasteiger partial charge in [-0.05, 0) is 93.0 Å². The van der Waals surface area contributed by atoms with E-state index in [1.54, 1.807) is 12.1 Å². The van der Waals surface area contributed by atoms with E-state index in [9.17, 15) is 5.26 Å². The van der Waals surface area contributed by atoms with Crippen LogP contribution in [0.3, 0.4) is 0 Å². The summed E-state index contributed by atoms with van der Waals surface area (Å²) >= 11 is 0. The lowest BCUT2D eigenvalue weighted by Gasteiger charge is -2.22. The zero-order valence-electron chi connectivity index (χ0n) is 26.1. The molecule has 1 aliphatic rings. The van der Waals surface area contributed by atoms with Gasteiger partial charge in [0.1, 0.15) is 0 Å². The first-order valence-corrected chi connectivity index (χ1v) is 15.8. The van der Waals surface area contributed by atoms with Crippen LogP contribution in [0.4, 0.5) is 0 Å². The molecule has 0 bridgehead atoms. The predicted octanol–water partition coefficient (Wildman–Crippen LogP) is 10.4. The third kappa shape index (κ3) is 5.09. The van der Waals surface area contributed by atoms with Gasteiger partial charge >= 0.3 is 0 Å². The Balaban J connectivity index is 1.33. The molecule has 4 nitrogen and oxygen atoms in total. The molecule has 0 radical (unpaired) electrons. The smallest absolute Gasteiger partial charge is 0.164 e. The summed E-state index contributed by atoms with van der Waals surface area (Å²) in [6.45, 7) is 4.63. The van der Waals surface area contributed by atoms with E-state index in [4.69, 9.17) is 15.0 Å². The maximum Gasteiger partial charge on any atom is 0.164 e. The number of aromatic nitrogens is 3. The highest BCUT2D eigenvalue weighted by Crippen LogP contribution is 2.49. The summed E-state index contributed by atoms with van der Waals surface area (Å²) < 4.78 is 0. The van der Waals surface area contributed by atoms with Crippen LogP contribution in [-0.4, -0.2) is 15.0 Å². The van der Waals surface area contributed by atoms with E-state index in [1.807, 2.05) is 48.5 Å². The van der Waals surface area contributed by atoms with E-state index in [0.29, 0.717) is 23.0 Å². The Morgan fingerprint density at radius 3 is 1.57 bits per heavy atom. The number of nitriles is 1. The average Bonchev–Trinajstić information content (AvgIpc) is 3.37. The van der Waals surface area contributed by atoms with Gasteiger partial charge < -0.3 is 0 Å². The molecule has 47 heavy (non-hydrogen) atoms. The van der Waals surface area contributed by atoms with Crippen molar-refractivity contribution in [2.45, 2.75) is 19.3 Å². The highest BCUT2D eigenvalue weighted by molar-refractivity contribution is 5.86. The molecule has 1 aromatic heterocycles. The van der Waals surface area contributed by atoms with Crippen molar-refractivity contribution >= 4 is 0 Å². The fourth-order valence-electron chi connectivity index (χ4n) is 6.65. The summed E-state index contributed by atoms with van der Waals surface area (Å²) in [7, 11) is 0. The molecule has 0 unspecified atom stereocenters. The fraction of sp³-hybridized carbons (Fsp3) is 0.0698. The van der Waals surface area contributed by atoms with Crippen LogP contribution in [0.5, 0.6) is 0 Å². The molecular weight excluding hydrogens is 573 g/mol. The van der Waals surface area contributed by atoms with Crippen LogP contribution in [0.25, 0.3) is 67.5 Å². The lowest BCUT2D eigenvalue weighted by Crippen LogP contribution is -2.14. The standard InChI is InChI=1S/C43H30N4/c1-43(2)38-16-10-9-15-36(38)37-22-21-32(26-39(37)43)34-23-33(29-11-5-3-6-12-29)24-35(25-34)42-46-40(30-13-7-4-8-14-30)45-41(47-42)31-19-17-28(27-44)18-20-31/h3-26H,1-2H3. The number of nitrogens with zero attached hydrogens (tertiary/aromatic N) is 4. The predicted molar refractivity (Wildman–Crippen MR) is 189 cm³/mol. The van der Waals surface area contributed by atoms with E-state index in [0.717, 1.165) is 38.9 Å². The molecule has 6 aromatic carbocycles. The van der Waals surface area contributed by atoms with Crippen LogP contribution < -0.4 is 0 Å². The van der Waals surface area contributed by atoms with Gasteiger partial charge in [0.25, 0.3) is 0 Å². The molecular formula is C43H30N4. The molecule has 8 rings (SSSR count). The number of benzene rings is 6. The lowest BCUT2D eigenvalue weighted by atomic mass is 9.81. The van der Waals surface area contributed by atoms with Crippen molar-refractivity contribution in [1.29, 1.82) is 5.26 Å². The normalized spacial score (nSPS) is 12.6. The molecule has 222 valence electrons. The van der Waals surface area contributed by atoms with Crippen molar-refractivity contribution in [3.63, 3.8) is 0 Å². The summed E-state index contributed by atoms with van der Waals surface area (Å²) in [6.07, 6.45) is 0. The first-order valence-electron chi connectivity index (χ1n) is 15.8. The number of fused-ring (bicyclic) bond motifs is 3. The molecule has 0 amide bonds. The lowest BCUT2D eigenvalue weighted by molar-refractivity contribution is 0.660. The summed E-state index contributed by atoms with van der Waals surface area (Å²) in [6, 6.07) is 52.2. The highest BCUT2D eigenvalue weighted by atomic mass is 15.0. The monoisotopic (exact) mass is 602 g/mol. The highest BCUT2D eigenvalue weighted by Gasteiger charge is 2.35. The van der Waals surface area contributed by atoms with Crippen molar-refractivity contribution in [2.75, 3.05) is 0 Å². The second kappa shape index (κ2) is 11.3. The topological polar surface area (TPSA) is 62.5 Å². The maximum atomic E-state index is 9.36. The van der Waals surface area contributed by atoms with Crippen LogP contribution in [-0.2, 0) is 5.41 Å². The van der Waals surface area contributed by atoms with Crippen LogP contribution in [0.15, 0.2) is 146 Å². The Morgan fingerprint density at radius 2 is 0.915 bits per heavy atom. The second-order valence-electron chi connectivity index (χ2n) is 12.5. The van der Waals surface area contributed by atoms with Gasteiger partial charge in [-0.25, -0.2) is 15.0 Å². The van der Waals surface area contributed by atoms with Crippen LogP contribution in [0, 0.1) is 11.3 Å². The van der Waals surface area contributed by atoms with E-state index in [-0.39, 0.29) is 5.41 Å². The SMILES string of the molecule is CC1(C)c2ccccc2-c2ccc(-c3cc(-c4ccccc4)cc(-c4nc(-c5ccccc5)nc(-c5ccc(C#N)cc5)n4)c3)cc21. The molecule has 0 fully saturated rings. The number of hydrogen-bond acceptors (Lipinski definition) is 4. The first-order chi connectivity index (χ1) is 23.0. The Hall–Kier alpha value is -6.18. The van der Waals surface area contributed by atoms with E-state index in [2.05, 4.69) is 105 Å². The van der Waals surface area contributed by atoms with Gasteiger partial charge in [0.05, 0.1) is 11.6 Å². The Bertz CT molecular complexity index is 2320. The van der Waals surface area contributed by atoms with E-state index >= 15 is 0 Å². The quantitative estimate of drug-likeness (QED) is 0.197. The van der Waals surface area contributed by atoms with E-state index < -0.39 is 0 Å². The number of rotatable bonds is 5. The van der Waals surface area contributed by atoms with Gasteiger partial charge in [-0.2, -0.15) is 5.26 Å². The molecule has 0 saturated carbocycles. The van der Waals surface area contributed by atoms with Crippen molar-refractivity contribution in [2.24, 2.45) is 0 Å². The Morgan fingerprint density at radius 1 is 0.426 bits per heavy atom. The molecule has 4 heteroatoms. The van der Waals surface area contributed by atoms with Gasteiger partial charge in [-0.15, -0.1) is 0 Å². The molecule has 0 spiro atoms. The van der Waals surface area contributed by atoms with E-state index in [1.165, 1.54) is 22.3 Å². The van der Waals surface area contributed by atoms with Gasteiger partial charge in [0.2, 0.25) is 0 Å². The molecule has 1 heterocycles. The molecule has 1 aliphatic carbocycles.